The second-order valence-electron chi connectivity index (χ2n) is 2.59. The fraction of sp³-hybridized carbons (Fsp3) is 0.750. The van der Waals surface area contributed by atoms with Crippen molar-refractivity contribution >= 4 is 0 Å². The van der Waals surface area contributed by atoms with Gasteiger partial charge in [-0.2, -0.15) is 0 Å². The molecular formula is C8H14O2. The first-order chi connectivity index (χ1) is 4.79. The highest BCUT2D eigenvalue weighted by molar-refractivity contribution is 5.25. The summed E-state index contributed by atoms with van der Waals surface area (Å²) in [6.45, 7) is 2.07. The normalized spacial score (nSPS) is 16.2. The number of hydrogen-bond donors (Lipinski definition) is 0. The molecule has 0 aromatic carbocycles. The van der Waals surface area contributed by atoms with E-state index >= 15 is 0 Å². The van der Waals surface area contributed by atoms with Crippen LogP contribution in [0.25, 0.3) is 0 Å². The molecule has 2 heteroatoms. The first kappa shape index (κ1) is 7.76. The Bertz CT molecular complexity index is 139. The quantitative estimate of drug-likeness (QED) is 0.441. The summed E-state index contributed by atoms with van der Waals surface area (Å²) in [5.74, 6) is 0. The van der Waals surface area contributed by atoms with E-state index < -0.39 is 0 Å². The van der Waals surface area contributed by atoms with E-state index in [1.54, 1.807) is 14.2 Å². The van der Waals surface area contributed by atoms with Crippen molar-refractivity contribution in [3.8, 4) is 0 Å². The molecule has 1 fully saturated rings. The predicted octanol–water partition coefficient (Wildman–Crippen LogP) is 1.72. The van der Waals surface area contributed by atoms with Gasteiger partial charge < -0.3 is 9.47 Å². The lowest BCUT2D eigenvalue weighted by atomic mass is 10.2. The fourth-order valence-corrected chi connectivity index (χ4v) is 1.07. The standard InChI is InChI=1S/C8H14O2/c1-6(7-4-5-7)8(9-2)10-3/h8H,4-5H2,1-3H3. The van der Waals surface area contributed by atoms with E-state index in [1.165, 1.54) is 24.0 Å². The van der Waals surface area contributed by atoms with Gasteiger partial charge in [-0.15, -0.1) is 0 Å². The van der Waals surface area contributed by atoms with Crippen molar-refractivity contribution in [3.05, 3.63) is 11.1 Å². The summed E-state index contributed by atoms with van der Waals surface area (Å²) in [5, 5.41) is 0. The van der Waals surface area contributed by atoms with E-state index in [9.17, 15) is 0 Å². The van der Waals surface area contributed by atoms with Crippen LogP contribution in [-0.4, -0.2) is 20.5 Å². The van der Waals surface area contributed by atoms with Crippen LogP contribution in [0.5, 0.6) is 0 Å². The topological polar surface area (TPSA) is 18.5 Å². The Labute approximate surface area is 61.8 Å². The molecule has 0 spiro atoms. The SMILES string of the molecule is COC(OC)C(C)=C1CC1. The minimum atomic E-state index is -0.113. The summed E-state index contributed by atoms with van der Waals surface area (Å²) in [4.78, 5) is 0. The van der Waals surface area contributed by atoms with Gasteiger partial charge in [0.25, 0.3) is 0 Å². The summed E-state index contributed by atoms with van der Waals surface area (Å²) >= 11 is 0. The van der Waals surface area contributed by atoms with E-state index in [4.69, 9.17) is 9.47 Å². The summed E-state index contributed by atoms with van der Waals surface area (Å²) < 4.78 is 10.2. The van der Waals surface area contributed by atoms with Gasteiger partial charge in [-0.3, -0.25) is 0 Å². The van der Waals surface area contributed by atoms with E-state index in [1.807, 2.05) is 0 Å². The summed E-state index contributed by atoms with van der Waals surface area (Å²) in [5.41, 5.74) is 2.75. The Morgan fingerprint density at radius 1 is 1.30 bits per heavy atom. The van der Waals surface area contributed by atoms with Gasteiger partial charge in [0.2, 0.25) is 0 Å². The van der Waals surface area contributed by atoms with E-state index in [0.29, 0.717) is 0 Å². The van der Waals surface area contributed by atoms with Crippen LogP contribution in [0, 0.1) is 0 Å². The van der Waals surface area contributed by atoms with Crippen molar-refractivity contribution in [2.75, 3.05) is 14.2 Å². The van der Waals surface area contributed by atoms with Crippen LogP contribution in [-0.2, 0) is 9.47 Å². The fourth-order valence-electron chi connectivity index (χ4n) is 1.07. The molecule has 1 saturated carbocycles. The first-order valence-corrected chi connectivity index (χ1v) is 3.53. The molecule has 0 radical (unpaired) electrons. The maximum atomic E-state index is 5.08. The maximum Gasteiger partial charge on any atom is 0.179 e. The Balaban J connectivity index is 2.52. The largest absolute Gasteiger partial charge is 0.352 e. The Morgan fingerprint density at radius 3 is 2.10 bits per heavy atom. The third-order valence-corrected chi connectivity index (χ3v) is 1.84. The van der Waals surface area contributed by atoms with Crippen LogP contribution < -0.4 is 0 Å². The zero-order valence-electron chi connectivity index (χ0n) is 6.81. The molecule has 0 atom stereocenters. The van der Waals surface area contributed by atoms with E-state index in [2.05, 4.69) is 6.92 Å². The predicted molar refractivity (Wildman–Crippen MR) is 39.7 cm³/mol. The minimum Gasteiger partial charge on any atom is -0.352 e. The molecule has 0 aromatic heterocycles. The van der Waals surface area contributed by atoms with Crippen molar-refractivity contribution in [3.63, 3.8) is 0 Å². The van der Waals surface area contributed by atoms with Crippen LogP contribution >= 0.6 is 0 Å². The molecule has 0 amide bonds. The molecule has 0 aliphatic heterocycles. The lowest BCUT2D eigenvalue weighted by molar-refractivity contribution is -0.0749. The van der Waals surface area contributed by atoms with Crippen molar-refractivity contribution < 1.29 is 9.47 Å². The zero-order chi connectivity index (χ0) is 7.56. The molecule has 0 heterocycles. The van der Waals surface area contributed by atoms with Crippen LogP contribution in [0.4, 0.5) is 0 Å². The van der Waals surface area contributed by atoms with Crippen molar-refractivity contribution in [2.24, 2.45) is 0 Å². The molecular weight excluding hydrogens is 128 g/mol. The number of hydrogen-bond acceptors (Lipinski definition) is 2. The zero-order valence-corrected chi connectivity index (χ0v) is 6.81. The molecule has 58 valence electrons. The van der Waals surface area contributed by atoms with Crippen LogP contribution in [0.15, 0.2) is 11.1 Å². The second kappa shape index (κ2) is 3.17. The molecule has 0 saturated heterocycles. The van der Waals surface area contributed by atoms with Gasteiger partial charge in [-0.1, -0.05) is 5.57 Å². The molecule has 0 bridgehead atoms. The van der Waals surface area contributed by atoms with Gasteiger partial charge in [-0.05, 0) is 25.3 Å². The van der Waals surface area contributed by atoms with Crippen LogP contribution in [0.3, 0.4) is 0 Å². The molecule has 2 nitrogen and oxygen atoms in total. The van der Waals surface area contributed by atoms with Crippen molar-refractivity contribution in [1.82, 2.24) is 0 Å². The summed E-state index contributed by atoms with van der Waals surface area (Å²) in [6.07, 6.45) is 2.35. The number of rotatable bonds is 3. The maximum absolute atomic E-state index is 5.08. The average Bonchev–Trinajstić information content (AvgIpc) is 2.71. The van der Waals surface area contributed by atoms with E-state index in [0.717, 1.165) is 0 Å². The van der Waals surface area contributed by atoms with Crippen LogP contribution in [0.1, 0.15) is 19.8 Å². The Hall–Kier alpha value is -0.340. The second-order valence-corrected chi connectivity index (χ2v) is 2.59. The first-order valence-electron chi connectivity index (χ1n) is 3.53. The van der Waals surface area contributed by atoms with Gasteiger partial charge >= 0.3 is 0 Å². The number of ether oxygens (including phenoxy) is 2. The number of allylic oxidation sites excluding steroid dienone is 1. The molecule has 1 aliphatic carbocycles. The van der Waals surface area contributed by atoms with Gasteiger partial charge in [0.15, 0.2) is 6.29 Å². The van der Waals surface area contributed by atoms with Gasteiger partial charge in [0.05, 0.1) is 0 Å². The Kier molecular flexibility index (Phi) is 2.46. The molecule has 10 heavy (non-hydrogen) atoms. The lowest BCUT2D eigenvalue weighted by Crippen LogP contribution is -2.14. The highest BCUT2D eigenvalue weighted by atomic mass is 16.7. The third-order valence-electron chi connectivity index (χ3n) is 1.84. The number of methoxy groups -OCH3 is 2. The van der Waals surface area contributed by atoms with Gasteiger partial charge in [-0.25, -0.2) is 0 Å². The molecule has 0 N–H and O–H groups in total. The van der Waals surface area contributed by atoms with Crippen LogP contribution in [0.2, 0.25) is 0 Å². The van der Waals surface area contributed by atoms with Crippen molar-refractivity contribution in [2.45, 2.75) is 26.1 Å². The van der Waals surface area contributed by atoms with E-state index in [-0.39, 0.29) is 6.29 Å². The van der Waals surface area contributed by atoms with Crippen molar-refractivity contribution in [1.29, 1.82) is 0 Å². The van der Waals surface area contributed by atoms with Gasteiger partial charge in [0.1, 0.15) is 0 Å². The lowest BCUT2D eigenvalue weighted by Gasteiger charge is -2.13. The molecule has 1 rings (SSSR count). The molecule has 1 aliphatic rings. The minimum absolute atomic E-state index is 0.113. The summed E-state index contributed by atoms with van der Waals surface area (Å²) in [7, 11) is 3.33. The highest BCUT2D eigenvalue weighted by Gasteiger charge is 2.20. The Morgan fingerprint density at radius 2 is 1.80 bits per heavy atom. The highest BCUT2D eigenvalue weighted by Crippen LogP contribution is 2.33. The van der Waals surface area contributed by atoms with Gasteiger partial charge in [0, 0.05) is 14.2 Å². The molecule has 0 unspecified atom stereocenters. The third kappa shape index (κ3) is 1.58. The monoisotopic (exact) mass is 142 g/mol. The average molecular weight is 142 g/mol. The molecule has 0 aromatic rings. The smallest absolute Gasteiger partial charge is 0.179 e. The summed E-state index contributed by atoms with van der Waals surface area (Å²) in [6, 6.07) is 0.